The second-order valence-electron chi connectivity index (χ2n) is 9.67. The number of fused-ring (bicyclic) bond motifs is 3. The van der Waals surface area contributed by atoms with Gasteiger partial charge < -0.3 is 10.2 Å². The second-order valence-corrected chi connectivity index (χ2v) is 9.67. The van der Waals surface area contributed by atoms with Gasteiger partial charge in [-0.3, -0.25) is 0 Å². The quantitative estimate of drug-likeness (QED) is 0.662. The van der Waals surface area contributed by atoms with Crippen LogP contribution in [-0.2, 0) is 0 Å². The zero-order valence-electron chi connectivity index (χ0n) is 14.5. The summed E-state index contributed by atoms with van der Waals surface area (Å²) in [4.78, 5) is 0. The van der Waals surface area contributed by atoms with Crippen molar-refractivity contribution in [2.75, 3.05) is 0 Å². The van der Waals surface area contributed by atoms with E-state index in [0.29, 0.717) is 11.3 Å². The molecule has 5 aliphatic carbocycles. The molecular weight excluding hydrogens is 284 g/mol. The van der Waals surface area contributed by atoms with Gasteiger partial charge in [-0.15, -0.1) is 0 Å². The lowest BCUT2D eigenvalue weighted by Gasteiger charge is -2.62. The molecule has 0 aliphatic heterocycles. The van der Waals surface area contributed by atoms with Gasteiger partial charge in [0.1, 0.15) is 0 Å². The molecule has 2 N–H and O–H groups in total. The summed E-state index contributed by atoms with van der Waals surface area (Å²) in [5.41, 5.74) is 2.29. The topological polar surface area (TPSA) is 40.5 Å². The number of rotatable bonds is 0. The summed E-state index contributed by atoms with van der Waals surface area (Å²) in [5, 5.41) is 21.1. The van der Waals surface area contributed by atoms with Crippen LogP contribution in [0.1, 0.15) is 71.1 Å². The summed E-state index contributed by atoms with van der Waals surface area (Å²) in [6.45, 7) is 2.37. The van der Waals surface area contributed by atoms with E-state index in [1.54, 1.807) is 5.57 Å². The van der Waals surface area contributed by atoms with E-state index in [0.717, 1.165) is 30.6 Å². The van der Waals surface area contributed by atoms with E-state index in [1.807, 2.05) is 0 Å². The SMILES string of the molecule is C[C@]12CCC3C(CC=C4[C@@H]5CCC[C@]43CC[C@@H]5O)C1CC[C@@H]2O. The summed E-state index contributed by atoms with van der Waals surface area (Å²) in [5.74, 6) is 2.83. The predicted molar refractivity (Wildman–Crippen MR) is 90.8 cm³/mol. The maximum atomic E-state index is 10.6. The van der Waals surface area contributed by atoms with Crippen LogP contribution >= 0.6 is 0 Å². The van der Waals surface area contributed by atoms with Crippen molar-refractivity contribution in [3.05, 3.63) is 11.6 Å². The third-order valence-corrected chi connectivity index (χ3v) is 9.17. The molecule has 0 aromatic heterocycles. The largest absolute Gasteiger partial charge is 0.393 e. The summed E-state index contributed by atoms with van der Waals surface area (Å²) in [6.07, 6.45) is 14.6. The molecule has 4 fully saturated rings. The van der Waals surface area contributed by atoms with Crippen molar-refractivity contribution < 1.29 is 10.2 Å². The third-order valence-electron chi connectivity index (χ3n) is 9.17. The predicted octanol–water partition coefficient (Wildman–Crippen LogP) is 4.06. The van der Waals surface area contributed by atoms with Crippen molar-refractivity contribution >= 4 is 0 Å². The van der Waals surface area contributed by atoms with Crippen LogP contribution in [-0.4, -0.2) is 22.4 Å². The Labute approximate surface area is 140 Å². The summed E-state index contributed by atoms with van der Waals surface area (Å²) >= 11 is 0. The van der Waals surface area contributed by atoms with Crippen molar-refractivity contribution in [1.29, 1.82) is 0 Å². The Morgan fingerprint density at radius 2 is 1.83 bits per heavy atom. The lowest BCUT2D eigenvalue weighted by atomic mass is 9.43. The maximum Gasteiger partial charge on any atom is 0.0606 e. The van der Waals surface area contributed by atoms with E-state index < -0.39 is 0 Å². The smallest absolute Gasteiger partial charge is 0.0606 e. The number of aliphatic hydroxyl groups excluding tert-OH is 2. The molecule has 0 aromatic carbocycles. The maximum absolute atomic E-state index is 10.6. The fourth-order valence-corrected chi connectivity index (χ4v) is 8.06. The lowest BCUT2D eigenvalue weighted by Crippen LogP contribution is -2.55. The zero-order chi connectivity index (χ0) is 15.8. The molecule has 23 heavy (non-hydrogen) atoms. The molecule has 5 rings (SSSR count). The molecular formula is C21H32O2. The average Bonchev–Trinajstić information content (AvgIpc) is 2.86. The van der Waals surface area contributed by atoms with Gasteiger partial charge in [0.2, 0.25) is 0 Å². The minimum absolute atomic E-state index is 0.0661. The molecule has 0 amide bonds. The monoisotopic (exact) mass is 316 g/mol. The summed E-state index contributed by atoms with van der Waals surface area (Å²) in [7, 11) is 0. The number of allylic oxidation sites excluding steroid dienone is 1. The minimum Gasteiger partial charge on any atom is -0.393 e. The van der Waals surface area contributed by atoms with E-state index in [2.05, 4.69) is 13.0 Å². The Balaban J connectivity index is 1.55. The summed E-state index contributed by atoms with van der Waals surface area (Å²) < 4.78 is 0. The number of aliphatic hydroxyl groups is 2. The van der Waals surface area contributed by atoms with Gasteiger partial charge in [-0.1, -0.05) is 25.0 Å². The van der Waals surface area contributed by atoms with Crippen LogP contribution in [0.3, 0.4) is 0 Å². The molecule has 3 unspecified atom stereocenters. The molecule has 5 aliphatic rings. The summed E-state index contributed by atoms with van der Waals surface area (Å²) in [6, 6.07) is 0. The third kappa shape index (κ3) is 1.78. The highest BCUT2D eigenvalue weighted by Gasteiger charge is 2.61. The van der Waals surface area contributed by atoms with Gasteiger partial charge in [-0.2, -0.15) is 0 Å². The number of hydrogen-bond donors (Lipinski definition) is 2. The van der Waals surface area contributed by atoms with Crippen molar-refractivity contribution in [2.45, 2.75) is 83.3 Å². The van der Waals surface area contributed by atoms with E-state index in [4.69, 9.17) is 0 Å². The van der Waals surface area contributed by atoms with Gasteiger partial charge in [-0.25, -0.2) is 0 Å². The molecule has 8 atom stereocenters. The van der Waals surface area contributed by atoms with Gasteiger partial charge >= 0.3 is 0 Å². The zero-order valence-corrected chi connectivity index (χ0v) is 14.5. The van der Waals surface area contributed by atoms with Crippen LogP contribution in [0.5, 0.6) is 0 Å². The van der Waals surface area contributed by atoms with E-state index in [-0.39, 0.29) is 17.6 Å². The molecule has 0 aromatic rings. The van der Waals surface area contributed by atoms with Gasteiger partial charge in [0.25, 0.3) is 0 Å². The number of hydrogen-bond acceptors (Lipinski definition) is 2. The first kappa shape index (κ1) is 15.0. The van der Waals surface area contributed by atoms with Crippen molar-refractivity contribution in [1.82, 2.24) is 0 Å². The van der Waals surface area contributed by atoms with Crippen LogP contribution in [0.25, 0.3) is 0 Å². The Morgan fingerprint density at radius 3 is 2.70 bits per heavy atom. The molecule has 0 radical (unpaired) electrons. The fraction of sp³-hybridized carbons (Fsp3) is 0.905. The van der Waals surface area contributed by atoms with E-state index in [1.165, 1.54) is 51.4 Å². The first-order valence-corrected chi connectivity index (χ1v) is 10.1. The minimum atomic E-state index is -0.0756. The molecule has 2 nitrogen and oxygen atoms in total. The van der Waals surface area contributed by atoms with Crippen molar-refractivity contribution in [2.24, 2.45) is 34.5 Å². The molecule has 2 bridgehead atoms. The molecule has 0 spiro atoms. The molecule has 2 heteroatoms. The van der Waals surface area contributed by atoms with E-state index >= 15 is 0 Å². The molecule has 4 saturated carbocycles. The normalized spacial score (nSPS) is 58.0. The highest BCUT2D eigenvalue weighted by atomic mass is 16.3. The van der Waals surface area contributed by atoms with E-state index in [9.17, 15) is 10.2 Å². The van der Waals surface area contributed by atoms with Crippen LogP contribution in [0, 0.1) is 34.5 Å². The van der Waals surface area contributed by atoms with Gasteiger partial charge in [0.05, 0.1) is 12.2 Å². The lowest BCUT2D eigenvalue weighted by molar-refractivity contribution is -0.0942. The Morgan fingerprint density at radius 1 is 0.957 bits per heavy atom. The molecule has 128 valence electrons. The Hall–Kier alpha value is -0.340. The standard InChI is InChI=1S/C21H32O2/c1-20-11-8-17-13(15(20)6-7-19(20)23)4-5-16-14-3-2-10-21(16,17)12-9-18(14)22/h5,13-15,17-19,22-23H,2-4,6-12H2,1H3/t13?,14-,15?,17?,18-,19-,20-,21-/m0/s1. The van der Waals surface area contributed by atoms with Gasteiger partial charge in [0.15, 0.2) is 0 Å². The van der Waals surface area contributed by atoms with Crippen molar-refractivity contribution in [3.8, 4) is 0 Å². The van der Waals surface area contributed by atoms with Crippen LogP contribution in [0.4, 0.5) is 0 Å². The van der Waals surface area contributed by atoms with Crippen LogP contribution in [0.15, 0.2) is 11.6 Å². The first-order valence-electron chi connectivity index (χ1n) is 10.1. The van der Waals surface area contributed by atoms with Crippen LogP contribution in [0.2, 0.25) is 0 Å². The highest BCUT2D eigenvalue weighted by Crippen LogP contribution is 2.68. The van der Waals surface area contributed by atoms with Gasteiger partial charge in [0, 0.05) is 5.92 Å². The molecule has 0 saturated heterocycles. The Kier molecular flexibility index (Phi) is 3.15. The Bertz CT molecular complexity index is 540. The highest BCUT2D eigenvalue weighted by molar-refractivity contribution is 5.30. The van der Waals surface area contributed by atoms with Gasteiger partial charge in [-0.05, 0) is 86.4 Å². The average molecular weight is 316 g/mol. The first-order chi connectivity index (χ1) is 11.1. The fourth-order valence-electron chi connectivity index (χ4n) is 8.06. The van der Waals surface area contributed by atoms with Crippen molar-refractivity contribution in [3.63, 3.8) is 0 Å². The molecule has 0 heterocycles. The second kappa shape index (κ2) is 4.85. The van der Waals surface area contributed by atoms with Crippen LogP contribution < -0.4 is 0 Å².